The molecular formula is C15H12N2O. The summed E-state index contributed by atoms with van der Waals surface area (Å²) >= 11 is 0. The molecule has 4 aromatic rings. The minimum Gasteiger partial charge on any atom is -0.508 e. The number of aryl methyl sites for hydroxylation is 1. The lowest BCUT2D eigenvalue weighted by Crippen LogP contribution is -1.85. The zero-order valence-corrected chi connectivity index (χ0v) is 9.94. The highest BCUT2D eigenvalue weighted by Gasteiger charge is 2.11. The van der Waals surface area contributed by atoms with E-state index in [0.29, 0.717) is 5.75 Å². The molecule has 18 heavy (non-hydrogen) atoms. The van der Waals surface area contributed by atoms with Crippen LogP contribution >= 0.6 is 0 Å². The molecule has 0 bridgehead atoms. The van der Waals surface area contributed by atoms with E-state index in [0.717, 1.165) is 10.9 Å². The van der Waals surface area contributed by atoms with Gasteiger partial charge in [0.1, 0.15) is 5.75 Å². The first kappa shape index (κ1) is 9.59. The molecule has 0 aliphatic carbocycles. The van der Waals surface area contributed by atoms with Crippen LogP contribution in [0.25, 0.3) is 32.6 Å². The van der Waals surface area contributed by atoms with E-state index in [1.165, 1.54) is 21.7 Å². The Bertz CT molecular complexity index is 899. The Balaban J connectivity index is 2.41. The summed E-state index contributed by atoms with van der Waals surface area (Å²) in [5.41, 5.74) is 2.32. The van der Waals surface area contributed by atoms with Crippen molar-refractivity contribution in [1.82, 2.24) is 9.55 Å². The number of rotatable bonds is 0. The number of aromatic nitrogens is 2. The summed E-state index contributed by atoms with van der Waals surface area (Å²) in [7, 11) is 2.06. The molecule has 0 unspecified atom stereocenters. The van der Waals surface area contributed by atoms with Gasteiger partial charge in [0.25, 0.3) is 0 Å². The van der Waals surface area contributed by atoms with Gasteiger partial charge in [-0.1, -0.05) is 6.07 Å². The maximum Gasteiger partial charge on any atom is 0.116 e. The molecule has 0 aliphatic heterocycles. The van der Waals surface area contributed by atoms with E-state index in [1.54, 1.807) is 6.07 Å². The van der Waals surface area contributed by atoms with Crippen LogP contribution in [0.4, 0.5) is 0 Å². The van der Waals surface area contributed by atoms with Gasteiger partial charge in [0, 0.05) is 46.6 Å². The van der Waals surface area contributed by atoms with Gasteiger partial charge in [-0.2, -0.15) is 0 Å². The molecule has 0 saturated heterocycles. The van der Waals surface area contributed by atoms with E-state index in [-0.39, 0.29) is 0 Å². The molecule has 0 aliphatic rings. The van der Waals surface area contributed by atoms with Crippen LogP contribution in [0, 0.1) is 0 Å². The first-order chi connectivity index (χ1) is 8.75. The third-order valence-corrected chi connectivity index (χ3v) is 3.70. The number of aromatic amines is 1. The zero-order chi connectivity index (χ0) is 12.3. The van der Waals surface area contributed by atoms with Crippen molar-refractivity contribution in [2.45, 2.75) is 0 Å². The van der Waals surface area contributed by atoms with Crippen LogP contribution in [0.5, 0.6) is 5.75 Å². The summed E-state index contributed by atoms with van der Waals surface area (Å²) in [5, 5.41) is 14.4. The van der Waals surface area contributed by atoms with E-state index in [4.69, 9.17) is 0 Å². The van der Waals surface area contributed by atoms with Crippen molar-refractivity contribution < 1.29 is 5.11 Å². The summed E-state index contributed by atoms with van der Waals surface area (Å²) in [6.07, 6.45) is 4.01. The molecule has 4 rings (SSSR count). The van der Waals surface area contributed by atoms with Crippen molar-refractivity contribution in [3.8, 4) is 5.75 Å². The molecular weight excluding hydrogens is 224 g/mol. The molecule has 88 valence electrons. The fourth-order valence-corrected chi connectivity index (χ4v) is 2.83. The van der Waals surface area contributed by atoms with E-state index in [2.05, 4.69) is 28.7 Å². The number of nitrogens with one attached hydrogen (secondary N) is 1. The van der Waals surface area contributed by atoms with Gasteiger partial charge in [-0.15, -0.1) is 0 Å². The fraction of sp³-hybridized carbons (Fsp3) is 0.0667. The number of fused-ring (bicyclic) bond motifs is 5. The lowest BCUT2D eigenvalue weighted by atomic mass is 10.1. The summed E-state index contributed by atoms with van der Waals surface area (Å²) in [6.45, 7) is 0. The molecule has 0 amide bonds. The van der Waals surface area contributed by atoms with E-state index in [1.807, 2.05) is 24.5 Å². The van der Waals surface area contributed by atoms with Crippen molar-refractivity contribution in [3.63, 3.8) is 0 Å². The van der Waals surface area contributed by atoms with Gasteiger partial charge in [-0.25, -0.2) is 0 Å². The number of aromatic hydroxyl groups is 1. The highest BCUT2D eigenvalue weighted by atomic mass is 16.3. The smallest absolute Gasteiger partial charge is 0.116 e. The quantitative estimate of drug-likeness (QED) is 0.482. The SMILES string of the molecule is Cn1c2ccc(O)cc2c2c3c[nH]cc3ccc21. The first-order valence-electron chi connectivity index (χ1n) is 5.92. The molecule has 3 nitrogen and oxygen atoms in total. The van der Waals surface area contributed by atoms with Crippen LogP contribution in [-0.2, 0) is 7.05 Å². The molecule has 3 heteroatoms. The van der Waals surface area contributed by atoms with Crippen LogP contribution < -0.4 is 0 Å². The van der Waals surface area contributed by atoms with Crippen LogP contribution in [0.2, 0.25) is 0 Å². The average molecular weight is 236 g/mol. The Kier molecular flexibility index (Phi) is 1.64. The lowest BCUT2D eigenvalue weighted by Gasteiger charge is -1.97. The average Bonchev–Trinajstić information content (AvgIpc) is 2.93. The number of H-pyrrole nitrogens is 1. The Labute approximate surface area is 103 Å². The van der Waals surface area contributed by atoms with Crippen LogP contribution in [0.3, 0.4) is 0 Å². The fourth-order valence-electron chi connectivity index (χ4n) is 2.83. The Morgan fingerprint density at radius 1 is 1.00 bits per heavy atom. The predicted molar refractivity (Wildman–Crippen MR) is 73.9 cm³/mol. The maximum absolute atomic E-state index is 9.70. The predicted octanol–water partition coefficient (Wildman–Crippen LogP) is 3.52. The summed E-state index contributed by atoms with van der Waals surface area (Å²) in [5.74, 6) is 0.308. The highest BCUT2D eigenvalue weighted by molar-refractivity contribution is 6.20. The Morgan fingerprint density at radius 3 is 2.72 bits per heavy atom. The highest BCUT2D eigenvalue weighted by Crippen LogP contribution is 2.35. The lowest BCUT2D eigenvalue weighted by molar-refractivity contribution is 0.476. The molecule has 0 spiro atoms. The van der Waals surface area contributed by atoms with Gasteiger partial charge in [-0.05, 0) is 29.7 Å². The summed E-state index contributed by atoms with van der Waals surface area (Å²) < 4.78 is 2.16. The normalized spacial score (nSPS) is 11.8. The Morgan fingerprint density at radius 2 is 1.83 bits per heavy atom. The van der Waals surface area contributed by atoms with Gasteiger partial charge in [-0.3, -0.25) is 0 Å². The summed E-state index contributed by atoms with van der Waals surface area (Å²) in [6, 6.07) is 9.78. The van der Waals surface area contributed by atoms with Crippen molar-refractivity contribution >= 4 is 32.6 Å². The van der Waals surface area contributed by atoms with Gasteiger partial charge in [0.2, 0.25) is 0 Å². The third kappa shape index (κ3) is 1.03. The van der Waals surface area contributed by atoms with Crippen molar-refractivity contribution in [2.75, 3.05) is 0 Å². The van der Waals surface area contributed by atoms with E-state index in [9.17, 15) is 5.11 Å². The van der Waals surface area contributed by atoms with Crippen molar-refractivity contribution in [3.05, 3.63) is 42.7 Å². The van der Waals surface area contributed by atoms with E-state index < -0.39 is 0 Å². The molecule has 0 fully saturated rings. The second-order valence-corrected chi connectivity index (χ2v) is 4.68. The first-order valence-corrected chi connectivity index (χ1v) is 5.92. The van der Waals surface area contributed by atoms with Crippen LogP contribution in [-0.4, -0.2) is 14.7 Å². The molecule has 2 aromatic heterocycles. The second-order valence-electron chi connectivity index (χ2n) is 4.68. The van der Waals surface area contributed by atoms with E-state index >= 15 is 0 Å². The largest absolute Gasteiger partial charge is 0.508 e. The van der Waals surface area contributed by atoms with Crippen LogP contribution in [0.15, 0.2) is 42.7 Å². The van der Waals surface area contributed by atoms with Gasteiger partial charge < -0.3 is 14.7 Å². The van der Waals surface area contributed by atoms with Gasteiger partial charge in [0.15, 0.2) is 0 Å². The molecule has 2 N–H and O–H groups in total. The third-order valence-electron chi connectivity index (χ3n) is 3.70. The van der Waals surface area contributed by atoms with Crippen molar-refractivity contribution in [2.24, 2.45) is 7.05 Å². The molecule has 0 atom stereocenters. The van der Waals surface area contributed by atoms with Gasteiger partial charge >= 0.3 is 0 Å². The minimum atomic E-state index is 0.308. The molecule has 0 saturated carbocycles. The number of phenols is 1. The maximum atomic E-state index is 9.70. The van der Waals surface area contributed by atoms with Crippen LogP contribution in [0.1, 0.15) is 0 Å². The molecule has 0 radical (unpaired) electrons. The Hall–Kier alpha value is -2.42. The molecule has 2 aromatic carbocycles. The number of hydrogen-bond acceptors (Lipinski definition) is 1. The number of benzene rings is 2. The minimum absolute atomic E-state index is 0.308. The van der Waals surface area contributed by atoms with Gasteiger partial charge in [0.05, 0.1) is 0 Å². The monoisotopic (exact) mass is 236 g/mol. The summed E-state index contributed by atoms with van der Waals surface area (Å²) in [4.78, 5) is 3.15. The second kappa shape index (κ2) is 3.07. The van der Waals surface area contributed by atoms with Crippen molar-refractivity contribution in [1.29, 1.82) is 0 Å². The standard InChI is InChI=1S/C15H12N2O/c1-17-13-5-3-10(18)6-11(13)15-12-8-16-7-9(12)2-4-14(15)17/h2-8,16,18H,1H3. The number of nitrogens with zero attached hydrogens (tertiary/aromatic N) is 1. The number of hydrogen-bond donors (Lipinski definition) is 2. The zero-order valence-electron chi connectivity index (χ0n) is 9.94. The topological polar surface area (TPSA) is 41.0 Å². The number of phenolic OH excluding ortho intramolecular Hbond substituents is 1. The molecule has 2 heterocycles.